The fourth-order valence-corrected chi connectivity index (χ4v) is 2.74. The van der Waals surface area contributed by atoms with Crippen LogP contribution in [0.3, 0.4) is 0 Å². The summed E-state index contributed by atoms with van der Waals surface area (Å²) in [6, 6.07) is 2.15. The van der Waals surface area contributed by atoms with E-state index in [1.54, 1.807) is 34.6 Å². The van der Waals surface area contributed by atoms with Crippen molar-refractivity contribution >= 4 is 23.6 Å². The normalized spacial score (nSPS) is 11.2. The van der Waals surface area contributed by atoms with Gasteiger partial charge in [0.1, 0.15) is 17.1 Å². The summed E-state index contributed by atoms with van der Waals surface area (Å²) in [6.07, 6.45) is -1.26. The maximum absolute atomic E-state index is 14.9. The second-order valence-corrected chi connectivity index (χ2v) is 7.98. The molecule has 0 unspecified atom stereocenters. The van der Waals surface area contributed by atoms with Gasteiger partial charge in [-0.25, -0.2) is 18.4 Å². The molecule has 0 saturated heterocycles. The van der Waals surface area contributed by atoms with E-state index >= 15 is 0 Å². The molecule has 0 saturated carbocycles. The quantitative estimate of drug-likeness (QED) is 0.527. The highest BCUT2D eigenvalue weighted by Crippen LogP contribution is 2.40. The fourth-order valence-electron chi connectivity index (χ4n) is 2.74. The Morgan fingerprint density at radius 2 is 1.90 bits per heavy atom. The predicted octanol–water partition coefficient (Wildman–Crippen LogP) is 5.02. The van der Waals surface area contributed by atoms with Gasteiger partial charge < -0.3 is 9.47 Å². The molecule has 1 heterocycles. The standard InChI is InChI=1S/C21H24F2N4O4/c1-11(2)27-19(25-20(29)31-21(3,4)5)18(24-6)17(26-27)13-9-8-12(10-14(28)30-7)15(22)16(13)23/h8-9,11H,10H2,1-5,7H3,(H,25,29). The Bertz CT molecular complexity index is 1050. The number of benzene rings is 1. The number of hydrogen-bond donors (Lipinski definition) is 1. The van der Waals surface area contributed by atoms with Gasteiger partial charge in [0.2, 0.25) is 0 Å². The van der Waals surface area contributed by atoms with Crippen molar-refractivity contribution in [3.05, 3.63) is 40.7 Å². The van der Waals surface area contributed by atoms with Gasteiger partial charge in [-0.3, -0.25) is 14.8 Å². The minimum Gasteiger partial charge on any atom is -0.469 e. The summed E-state index contributed by atoms with van der Waals surface area (Å²) in [6.45, 7) is 16.1. The highest BCUT2D eigenvalue weighted by Gasteiger charge is 2.28. The van der Waals surface area contributed by atoms with Gasteiger partial charge in [-0.1, -0.05) is 12.1 Å². The molecule has 0 aliphatic rings. The number of ether oxygens (including phenoxy) is 2. The van der Waals surface area contributed by atoms with Crippen LogP contribution in [0, 0.1) is 18.2 Å². The summed E-state index contributed by atoms with van der Waals surface area (Å²) >= 11 is 0. The van der Waals surface area contributed by atoms with Crippen LogP contribution in [-0.2, 0) is 20.7 Å². The van der Waals surface area contributed by atoms with Crippen molar-refractivity contribution in [3.63, 3.8) is 0 Å². The summed E-state index contributed by atoms with van der Waals surface area (Å²) in [5.74, 6) is -3.21. The first-order valence-corrected chi connectivity index (χ1v) is 9.43. The number of nitrogens with one attached hydrogen (secondary N) is 1. The maximum atomic E-state index is 14.9. The lowest BCUT2D eigenvalue weighted by Gasteiger charge is -2.20. The monoisotopic (exact) mass is 434 g/mol. The highest BCUT2D eigenvalue weighted by molar-refractivity contribution is 5.93. The van der Waals surface area contributed by atoms with E-state index in [0.29, 0.717) is 0 Å². The fraction of sp³-hybridized carbons (Fsp3) is 0.429. The molecular weight excluding hydrogens is 410 g/mol. The van der Waals surface area contributed by atoms with E-state index in [-0.39, 0.29) is 34.4 Å². The van der Waals surface area contributed by atoms with Gasteiger partial charge in [0.25, 0.3) is 5.69 Å². The summed E-state index contributed by atoms with van der Waals surface area (Å²) in [4.78, 5) is 27.1. The lowest BCUT2D eigenvalue weighted by molar-refractivity contribution is -0.139. The van der Waals surface area contributed by atoms with Gasteiger partial charge in [0.15, 0.2) is 11.6 Å². The number of esters is 1. The smallest absolute Gasteiger partial charge is 0.412 e. The number of methoxy groups -OCH3 is 1. The number of hydrogen-bond acceptors (Lipinski definition) is 5. The Balaban J connectivity index is 2.58. The molecule has 0 bridgehead atoms. The van der Waals surface area contributed by atoms with E-state index in [1.165, 1.54) is 16.8 Å². The van der Waals surface area contributed by atoms with E-state index in [0.717, 1.165) is 7.11 Å². The van der Waals surface area contributed by atoms with Gasteiger partial charge in [0.05, 0.1) is 20.1 Å². The van der Waals surface area contributed by atoms with E-state index in [2.05, 4.69) is 20.0 Å². The molecule has 166 valence electrons. The number of aromatic nitrogens is 2. The van der Waals surface area contributed by atoms with Crippen LogP contribution in [-0.4, -0.2) is 34.6 Å². The average molecular weight is 434 g/mol. The Hall–Kier alpha value is -3.48. The largest absolute Gasteiger partial charge is 0.469 e. The van der Waals surface area contributed by atoms with Crippen molar-refractivity contribution in [2.24, 2.45) is 0 Å². The second kappa shape index (κ2) is 9.12. The van der Waals surface area contributed by atoms with Crippen LogP contribution < -0.4 is 5.32 Å². The number of carbonyl (C=O) groups is 2. The van der Waals surface area contributed by atoms with Gasteiger partial charge in [-0.05, 0) is 34.6 Å². The summed E-state index contributed by atoms with van der Waals surface area (Å²) < 4.78 is 40.4. The lowest BCUT2D eigenvalue weighted by Crippen LogP contribution is -2.28. The highest BCUT2D eigenvalue weighted by atomic mass is 19.2. The molecule has 10 heteroatoms. The number of nitrogens with zero attached hydrogens (tertiary/aromatic N) is 3. The first kappa shape index (κ1) is 23.8. The molecule has 1 aromatic heterocycles. The Morgan fingerprint density at radius 1 is 1.26 bits per heavy atom. The number of anilines is 1. The third-order valence-corrected chi connectivity index (χ3v) is 4.09. The van der Waals surface area contributed by atoms with E-state index in [9.17, 15) is 18.4 Å². The SMILES string of the molecule is [C-]#[N+]c1c(-c2ccc(CC(=O)OC)c(F)c2F)nn(C(C)C)c1NC(=O)OC(C)(C)C. The molecule has 31 heavy (non-hydrogen) atoms. The molecule has 0 aliphatic carbocycles. The molecule has 8 nitrogen and oxygen atoms in total. The number of amides is 1. The van der Waals surface area contributed by atoms with Crippen molar-refractivity contribution < 1.29 is 27.8 Å². The molecule has 1 amide bonds. The zero-order chi connectivity index (χ0) is 23.5. The van der Waals surface area contributed by atoms with E-state index in [1.807, 2.05) is 0 Å². The van der Waals surface area contributed by atoms with Crippen molar-refractivity contribution in [2.45, 2.75) is 52.7 Å². The molecule has 0 spiro atoms. The second-order valence-electron chi connectivity index (χ2n) is 7.98. The minimum absolute atomic E-state index is 0.00713. The minimum atomic E-state index is -1.26. The zero-order valence-electron chi connectivity index (χ0n) is 18.2. The van der Waals surface area contributed by atoms with E-state index < -0.39 is 35.7 Å². The third-order valence-electron chi connectivity index (χ3n) is 4.09. The summed E-state index contributed by atoms with van der Waals surface area (Å²) in [7, 11) is 1.14. The molecule has 0 radical (unpaired) electrons. The maximum Gasteiger partial charge on any atom is 0.412 e. The van der Waals surface area contributed by atoms with Crippen LogP contribution in [0.15, 0.2) is 12.1 Å². The van der Waals surface area contributed by atoms with Gasteiger partial charge in [-0.15, -0.1) is 0 Å². The van der Waals surface area contributed by atoms with Crippen LogP contribution in [0.5, 0.6) is 0 Å². The Kier molecular flexibility index (Phi) is 7.00. The van der Waals surface area contributed by atoms with Crippen molar-refractivity contribution in [3.8, 4) is 11.3 Å². The van der Waals surface area contributed by atoms with Crippen molar-refractivity contribution in [2.75, 3.05) is 12.4 Å². The summed E-state index contributed by atoms with van der Waals surface area (Å²) in [5.41, 5.74) is -1.55. The molecule has 1 aromatic carbocycles. The third kappa shape index (κ3) is 5.36. The van der Waals surface area contributed by atoms with Crippen LogP contribution in [0.2, 0.25) is 0 Å². The number of carbonyl (C=O) groups excluding carboxylic acids is 2. The van der Waals surface area contributed by atoms with Crippen LogP contribution in [0.4, 0.5) is 25.1 Å². The number of rotatable bonds is 5. The van der Waals surface area contributed by atoms with Crippen molar-refractivity contribution in [1.82, 2.24) is 9.78 Å². The van der Waals surface area contributed by atoms with Crippen LogP contribution >= 0.6 is 0 Å². The van der Waals surface area contributed by atoms with Gasteiger partial charge >= 0.3 is 12.1 Å². The van der Waals surface area contributed by atoms with Gasteiger partial charge in [0, 0.05) is 17.2 Å². The van der Waals surface area contributed by atoms with Crippen LogP contribution in [0.25, 0.3) is 16.1 Å². The molecule has 1 N–H and O–H groups in total. The first-order chi connectivity index (χ1) is 14.4. The average Bonchev–Trinajstić information content (AvgIpc) is 3.02. The first-order valence-electron chi connectivity index (χ1n) is 9.43. The molecule has 2 rings (SSSR count). The van der Waals surface area contributed by atoms with E-state index in [4.69, 9.17) is 11.3 Å². The summed E-state index contributed by atoms with van der Waals surface area (Å²) in [5, 5.41) is 6.73. The topological polar surface area (TPSA) is 86.8 Å². The molecule has 2 aromatic rings. The number of halogens is 2. The zero-order valence-corrected chi connectivity index (χ0v) is 18.2. The van der Waals surface area contributed by atoms with Gasteiger partial charge in [-0.2, -0.15) is 5.10 Å². The Morgan fingerprint density at radius 3 is 2.42 bits per heavy atom. The molecule has 0 aliphatic heterocycles. The molecular formula is C21H24F2N4O4. The Labute approximate surface area is 179 Å². The van der Waals surface area contributed by atoms with Crippen molar-refractivity contribution in [1.29, 1.82) is 0 Å². The predicted molar refractivity (Wildman–Crippen MR) is 110 cm³/mol. The molecule has 0 fully saturated rings. The van der Waals surface area contributed by atoms with Crippen LogP contribution in [0.1, 0.15) is 46.2 Å². The lowest BCUT2D eigenvalue weighted by atomic mass is 10.0. The molecule has 0 atom stereocenters.